The molecular formula is C14H16F2N2O4. The lowest BCUT2D eigenvalue weighted by molar-refractivity contribution is -0.145. The Kier molecular flexibility index (Phi) is 6.43. The fraction of sp³-hybridized carbons (Fsp3) is 0.357. The molecule has 3 N–H and O–H groups in total. The first-order chi connectivity index (χ1) is 10.3. The molecule has 0 aliphatic carbocycles. The maximum atomic E-state index is 13.4. The van der Waals surface area contributed by atoms with Crippen LogP contribution in [0.15, 0.2) is 18.2 Å². The lowest BCUT2D eigenvalue weighted by Gasteiger charge is -2.15. The van der Waals surface area contributed by atoms with E-state index in [4.69, 9.17) is 5.73 Å². The largest absolute Gasteiger partial charge is 0.466 e. The summed E-state index contributed by atoms with van der Waals surface area (Å²) in [7, 11) is 0. The Labute approximate surface area is 125 Å². The van der Waals surface area contributed by atoms with Crippen molar-refractivity contribution >= 4 is 17.8 Å². The SMILES string of the molecule is CCOC(=O)C[C@@H](NC(=O)Cc1c(F)cccc1F)C(N)=O. The molecule has 1 aromatic carbocycles. The predicted molar refractivity (Wildman–Crippen MR) is 72.4 cm³/mol. The molecule has 0 bridgehead atoms. The smallest absolute Gasteiger partial charge is 0.308 e. The number of nitrogens with one attached hydrogen (secondary N) is 1. The summed E-state index contributed by atoms with van der Waals surface area (Å²) in [5, 5.41) is 2.16. The summed E-state index contributed by atoms with van der Waals surface area (Å²) in [4.78, 5) is 34.3. The molecule has 8 heteroatoms. The molecule has 1 atom stereocenters. The molecule has 0 unspecified atom stereocenters. The highest BCUT2D eigenvalue weighted by Gasteiger charge is 2.23. The average Bonchev–Trinajstić information content (AvgIpc) is 2.42. The monoisotopic (exact) mass is 314 g/mol. The number of halogens is 2. The minimum Gasteiger partial charge on any atom is -0.466 e. The van der Waals surface area contributed by atoms with Gasteiger partial charge in [0.2, 0.25) is 11.8 Å². The van der Waals surface area contributed by atoms with Crippen molar-refractivity contribution in [3.8, 4) is 0 Å². The van der Waals surface area contributed by atoms with Crippen LogP contribution in [-0.4, -0.2) is 30.4 Å². The Morgan fingerprint density at radius 3 is 2.36 bits per heavy atom. The molecule has 2 amide bonds. The quantitative estimate of drug-likeness (QED) is 0.713. The molecule has 22 heavy (non-hydrogen) atoms. The first-order valence-electron chi connectivity index (χ1n) is 6.52. The van der Waals surface area contributed by atoms with Crippen molar-refractivity contribution in [2.75, 3.05) is 6.61 Å². The lowest BCUT2D eigenvalue weighted by Crippen LogP contribution is -2.46. The number of primary amides is 1. The number of ether oxygens (including phenoxy) is 1. The first kappa shape index (κ1) is 17.5. The van der Waals surface area contributed by atoms with Gasteiger partial charge in [0.15, 0.2) is 0 Å². The van der Waals surface area contributed by atoms with Gasteiger partial charge in [-0.15, -0.1) is 0 Å². The van der Waals surface area contributed by atoms with Crippen molar-refractivity contribution < 1.29 is 27.9 Å². The van der Waals surface area contributed by atoms with E-state index in [0.717, 1.165) is 12.1 Å². The third-order valence-corrected chi connectivity index (χ3v) is 2.75. The average molecular weight is 314 g/mol. The standard InChI is InChI=1S/C14H16F2N2O4/c1-2-22-13(20)7-11(14(17)21)18-12(19)6-8-9(15)4-3-5-10(8)16/h3-5,11H,2,6-7H2,1H3,(H2,17,21)(H,18,19)/t11-/m1/s1. The molecule has 0 saturated heterocycles. The summed E-state index contributed by atoms with van der Waals surface area (Å²) in [5.41, 5.74) is 4.64. The molecule has 6 nitrogen and oxygen atoms in total. The van der Waals surface area contributed by atoms with Gasteiger partial charge in [-0.1, -0.05) is 6.07 Å². The zero-order valence-electron chi connectivity index (χ0n) is 11.9. The van der Waals surface area contributed by atoms with Crippen molar-refractivity contribution in [3.63, 3.8) is 0 Å². The van der Waals surface area contributed by atoms with Gasteiger partial charge in [-0.25, -0.2) is 8.78 Å². The molecule has 0 radical (unpaired) electrons. The second-order valence-electron chi connectivity index (χ2n) is 4.41. The number of benzene rings is 1. The number of nitrogens with two attached hydrogens (primary N) is 1. The maximum absolute atomic E-state index is 13.4. The minimum atomic E-state index is -1.30. The molecule has 0 fully saturated rings. The highest BCUT2D eigenvalue weighted by atomic mass is 19.1. The van der Waals surface area contributed by atoms with Gasteiger partial charge < -0.3 is 15.8 Å². The summed E-state index contributed by atoms with van der Waals surface area (Å²) in [6.45, 7) is 1.69. The highest BCUT2D eigenvalue weighted by molar-refractivity contribution is 5.90. The molecule has 0 aliphatic rings. The van der Waals surface area contributed by atoms with Crippen molar-refractivity contribution in [1.29, 1.82) is 0 Å². The van der Waals surface area contributed by atoms with E-state index >= 15 is 0 Å². The van der Waals surface area contributed by atoms with Crippen LogP contribution in [0.5, 0.6) is 0 Å². The van der Waals surface area contributed by atoms with Gasteiger partial charge >= 0.3 is 5.97 Å². The molecule has 0 aromatic heterocycles. The normalized spacial score (nSPS) is 11.6. The molecule has 1 rings (SSSR count). The van der Waals surface area contributed by atoms with Gasteiger partial charge in [0.25, 0.3) is 0 Å². The van der Waals surface area contributed by atoms with Gasteiger partial charge in [-0.3, -0.25) is 14.4 Å². The Balaban J connectivity index is 2.72. The number of amides is 2. The van der Waals surface area contributed by atoms with Crippen molar-refractivity contribution in [3.05, 3.63) is 35.4 Å². The molecule has 1 aromatic rings. The van der Waals surface area contributed by atoms with Crippen LogP contribution in [0.2, 0.25) is 0 Å². The van der Waals surface area contributed by atoms with Gasteiger partial charge in [0.1, 0.15) is 17.7 Å². The second-order valence-corrected chi connectivity index (χ2v) is 4.41. The number of carbonyl (C=O) groups excluding carboxylic acids is 3. The molecule has 120 valence electrons. The summed E-state index contributed by atoms with van der Waals surface area (Å²) in [6.07, 6.45) is -1.07. The third-order valence-electron chi connectivity index (χ3n) is 2.75. The van der Waals surface area contributed by atoms with Crippen LogP contribution < -0.4 is 11.1 Å². The van der Waals surface area contributed by atoms with Gasteiger partial charge in [0.05, 0.1) is 19.4 Å². The molecular weight excluding hydrogens is 298 g/mol. The van der Waals surface area contributed by atoms with Crippen molar-refractivity contribution in [1.82, 2.24) is 5.32 Å². The number of hydrogen-bond donors (Lipinski definition) is 2. The van der Waals surface area contributed by atoms with E-state index in [1.54, 1.807) is 6.92 Å². The van der Waals surface area contributed by atoms with Crippen LogP contribution in [-0.2, 0) is 25.5 Å². The molecule has 0 aliphatic heterocycles. The number of carbonyl (C=O) groups is 3. The number of hydrogen-bond acceptors (Lipinski definition) is 4. The van der Waals surface area contributed by atoms with Crippen LogP contribution >= 0.6 is 0 Å². The fourth-order valence-electron chi connectivity index (χ4n) is 1.72. The Bertz CT molecular complexity index is 558. The summed E-state index contributed by atoms with van der Waals surface area (Å²) >= 11 is 0. The van der Waals surface area contributed by atoms with Gasteiger partial charge in [0, 0.05) is 5.56 Å². The van der Waals surface area contributed by atoms with Crippen LogP contribution in [0.3, 0.4) is 0 Å². The maximum Gasteiger partial charge on any atom is 0.308 e. The van der Waals surface area contributed by atoms with E-state index in [9.17, 15) is 23.2 Å². The number of esters is 1. The van der Waals surface area contributed by atoms with E-state index in [2.05, 4.69) is 10.1 Å². The lowest BCUT2D eigenvalue weighted by atomic mass is 10.1. The Hall–Kier alpha value is -2.51. The fourth-order valence-corrected chi connectivity index (χ4v) is 1.72. The minimum absolute atomic E-state index is 0.110. The molecule has 0 heterocycles. The van der Waals surface area contributed by atoms with E-state index in [1.807, 2.05) is 0 Å². The molecule has 0 saturated carbocycles. The summed E-state index contributed by atoms with van der Waals surface area (Å²) in [6, 6.07) is 1.88. The van der Waals surface area contributed by atoms with E-state index in [0.29, 0.717) is 0 Å². The second kappa shape index (κ2) is 8.06. The van der Waals surface area contributed by atoms with Crippen LogP contribution in [0.25, 0.3) is 0 Å². The van der Waals surface area contributed by atoms with Crippen LogP contribution in [0.1, 0.15) is 18.9 Å². The first-order valence-corrected chi connectivity index (χ1v) is 6.52. The van der Waals surface area contributed by atoms with E-state index in [-0.39, 0.29) is 6.61 Å². The predicted octanol–water partition coefficient (Wildman–Crippen LogP) is 0.431. The van der Waals surface area contributed by atoms with Gasteiger partial charge in [-0.2, -0.15) is 0 Å². The van der Waals surface area contributed by atoms with E-state index in [1.165, 1.54) is 6.07 Å². The zero-order valence-corrected chi connectivity index (χ0v) is 11.9. The number of rotatable bonds is 7. The van der Waals surface area contributed by atoms with Crippen LogP contribution in [0, 0.1) is 11.6 Å². The van der Waals surface area contributed by atoms with Crippen LogP contribution in [0.4, 0.5) is 8.78 Å². The summed E-state index contributed by atoms with van der Waals surface area (Å²) < 4.78 is 31.5. The van der Waals surface area contributed by atoms with E-state index < -0.39 is 53.9 Å². The van der Waals surface area contributed by atoms with Crippen molar-refractivity contribution in [2.45, 2.75) is 25.8 Å². The Morgan fingerprint density at radius 2 is 1.86 bits per heavy atom. The summed E-state index contributed by atoms with van der Waals surface area (Å²) in [5.74, 6) is -4.26. The van der Waals surface area contributed by atoms with Crippen molar-refractivity contribution in [2.24, 2.45) is 5.73 Å². The Morgan fingerprint density at radius 1 is 1.27 bits per heavy atom. The highest BCUT2D eigenvalue weighted by Crippen LogP contribution is 2.12. The van der Waals surface area contributed by atoms with Gasteiger partial charge in [-0.05, 0) is 19.1 Å². The third kappa shape index (κ3) is 5.12. The molecule has 0 spiro atoms. The zero-order chi connectivity index (χ0) is 16.7. The topological polar surface area (TPSA) is 98.5 Å².